The summed E-state index contributed by atoms with van der Waals surface area (Å²) in [6.45, 7) is 7.38. The quantitative estimate of drug-likeness (QED) is 0.698. The summed E-state index contributed by atoms with van der Waals surface area (Å²) in [4.78, 5) is 30.8. The van der Waals surface area contributed by atoms with E-state index in [4.69, 9.17) is 4.42 Å². The lowest BCUT2D eigenvalue weighted by Gasteiger charge is -2.34. The molecule has 2 atom stereocenters. The SMILES string of the molecule is C[C@@H]1C[C@H](C)CN(Cc2csc(NC(=O)CNC(=O)c3ccc(Br)o3)n2)C1. The first-order chi connectivity index (χ1) is 12.9. The number of nitrogens with zero attached hydrogens (tertiary/aromatic N) is 2. The molecule has 1 aliphatic heterocycles. The van der Waals surface area contributed by atoms with Crippen LogP contribution >= 0.6 is 27.3 Å². The molecule has 0 unspecified atom stereocenters. The van der Waals surface area contributed by atoms with Crippen LogP contribution in [-0.2, 0) is 11.3 Å². The Labute approximate surface area is 170 Å². The van der Waals surface area contributed by atoms with Crippen molar-refractivity contribution in [3.05, 3.63) is 33.6 Å². The third-order valence-corrected chi connectivity index (χ3v) is 5.57. The summed E-state index contributed by atoms with van der Waals surface area (Å²) in [5, 5.41) is 7.76. The van der Waals surface area contributed by atoms with Crippen LogP contribution in [0.5, 0.6) is 0 Å². The molecule has 2 aromatic rings. The number of nitrogens with one attached hydrogen (secondary N) is 2. The van der Waals surface area contributed by atoms with Crippen LogP contribution in [0.2, 0.25) is 0 Å². The molecule has 2 N–H and O–H groups in total. The van der Waals surface area contributed by atoms with E-state index >= 15 is 0 Å². The van der Waals surface area contributed by atoms with E-state index in [2.05, 4.69) is 50.3 Å². The van der Waals surface area contributed by atoms with Gasteiger partial charge in [0.1, 0.15) is 0 Å². The number of halogens is 1. The fraction of sp³-hybridized carbons (Fsp3) is 0.500. The zero-order chi connectivity index (χ0) is 19.4. The molecular weight excluding hydrogens is 432 g/mol. The Morgan fingerprint density at radius 3 is 2.74 bits per heavy atom. The van der Waals surface area contributed by atoms with Gasteiger partial charge in [0.25, 0.3) is 5.91 Å². The van der Waals surface area contributed by atoms with Gasteiger partial charge in [-0.25, -0.2) is 4.98 Å². The molecule has 146 valence electrons. The van der Waals surface area contributed by atoms with Gasteiger partial charge in [0, 0.05) is 25.0 Å². The first-order valence-electron chi connectivity index (χ1n) is 8.89. The van der Waals surface area contributed by atoms with Crippen molar-refractivity contribution in [2.24, 2.45) is 11.8 Å². The lowest BCUT2D eigenvalue weighted by Crippen LogP contribution is -2.38. The van der Waals surface area contributed by atoms with Gasteiger partial charge < -0.3 is 15.1 Å². The summed E-state index contributed by atoms with van der Waals surface area (Å²) < 4.78 is 5.61. The van der Waals surface area contributed by atoms with E-state index in [1.807, 2.05) is 5.38 Å². The Morgan fingerprint density at radius 1 is 1.33 bits per heavy atom. The highest BCUT2D eigenvalue weighted by Crippen LogP contribution is 2.24. The van der Waals surface area contributed by atoms with E-state index in [9.17, 15) is 9.59 Å². The van der Waals surface area contributed by atoms with Crippen LogP contribution in [0.4, 0.5) is 5.13 Å². The van der Waals surface area contributed by atoms with Crippen LogP contribution in [-0.4, -0.2) is 41.3 Å². The Balaban J connectivity index is 1.45. The smallest absolute Gasteiger partial charge is 0.287 e. The summed E-state index contributed by atoms with van der Waals surface area (Å²) in [5.41, 5.74) is 0.959. The van der Waals surface area contributed by atoms with Gasteiger partial charge in [-0.1, -0.05) is 13.8 Å². The summed E-state index contributed by atoms with van der Waals surface area (Å²) >= 11 is 4.53. The zero-order valence-electron chi connectivity index (χ0n) is 15.3. The van der Waals surface area contributed by atoms with E-state index in [1.165, 1.54) is 23.8 Å². The fourth-order valence-corrected chi connectivity index (χ4v) is 4.46. The predicted octanol–water partition coefficient (Wildman–Crippen LogP) is 3.35. The lowest BCUT2D eigenvalue weighted by atomic mass is 9.92. The molecule has 1 fully saturated rings. The number of amides is 2. The molecule has 0 spiro atoms. The molecule has 3 rings (SSSR count). The number of carbonyl (C=O) groups is 2. The summed E-state index contributed by atoms with van der Waals surface area (Å²) in [6.07, 6.45) is 1.27. The number of furan rings is 1. The molecular formula is C18H23BrN4O3S. The van der Waals surface area contributed by atoms with Crippen LogP contribution in [0.25, 0.3) is 0 Å². The molecule has 1 saturated heterocycles. The highest BCUT2D eigenvalue weighted by Gasteiger charge is 2.22. The first-order valence-corrected chi connectivity index (χ1v) is 10.6. The summed E-state index contributed by atoms with van der Waals surface area (Å²) in [7, 11) is 0. The molecule has 27 heavy (non-hydrogen) atoms. The molecule has 2 aromatic heterocycles. The second-order valence-electron chi connectivity index (χ2n) is 7.12. The van der Waals surface area contributed by atoms with E-state index in [-0.39, 0.29) is 18.2 Å². The van der Waals surface area contributed by atoms with Crippen LogP contribution in [0.1, 0.15) is 36.5 Å². The normalized spacial score (nSPS) is 20.4. The highest BCUT2D eigenvalue weighted by atomic mass is 79.9. The summed E-state index contributed by atoms with van der Waals surface area (Å²) in [6, 6.07) is 3.16. The third-order valence-electron chi connectivity index (χ3n) is 4.33. The molecule has 0 bridgehead atoms. The molecule has 7 nitrogen and oxygen atoms in total. The highest BCUT2D eigenvalue weighted by molar-refractivity contribution is 9.10. The van der Waals surface area contributed by atoms with Gasteiger partial charge in [-0.3, -0.25) is 14.5 Å². The van der Waals surface area contributed by atoms with Crippen LogP contribution in [0, 0.1) is 11.8 Å². The molecule has 9 heteroatoms. The molecule has 1 aliphatic rings. The Hall–Kier alpha value is -1.71. The van der Waals surface area contributed by atoms with Crippen molar-refractivity contribution in [3.63, 3.8) is 0 Å². The topological polar surface area (TPSA) is 87.5 Å². The van der Waals surface area contributed by atoms with Gasteiger partial charge >= 0.3 is 0 Å². The van der Waals surface area contributed by atoms with Crippen molar-refractivity contribution in [2.45, 2.75) is 26.8 Å². The number of anilines is 1. The average molecular weight is 455 g/mol. The van der Waals surface area contributed by atoms with Crippen molar-refractivity contribution in [1.29, 1.82) is 0 Å². The molecule has 0 aliphatic carbocycles. The number of piperidine rings is 1. The number of carbonyl (C=O) groups excluding carboxylic acids is 2. The van der Waals surface area contributed by atoms with Crippen LogP contribution in [0.3, 0.4) is 0 Å². The number of hydrogen-bond donors (Lipinski definition) is 2. The minimum Gasteiger partial charge on any atom is -0.444 e. The van der Waals surface area contributed by atoms with Crippen molar-refractivity contribution < 1.29 is 14.0 Å². The largest absolute Gasteiger partial charge is 0.444 e. The third kappa shape index (κ3) is 5.88. The Kier molecular flexibility index (Phi) is 6.67. The first kappa shape index (κ1) is 20.0. The predicted molar refractivity (Wildman–Crippen MR) is 108 cm³/mol. The fourth-order valence-electron chi connectivity index (χ4n) is 3.43. The molecule has 3 heterocycles. The number of rotatable bonds is 6. The van der Waals surface area contributed by atoms with Gasteiger partial charge in [0.05, 0.1) is 12.2 Å². The Bertz CT molecular complexity index is 796. The van der Waals surface area contributed by atoms with Gasteiger partial charge in [0.15, 0.2) is 15.6 Å². The average Bonchev–Trinajstić information content (AvgIpc) is 3.21. The minimum absolute atomic E-state index is 0.146. The maximum Gasteiger partial charge on any atom is 0.287 e. The van der Waals surface area contributed by atoms with Gasteiger partial charge in [-0.15, -0.1) is 11.3 Å². The van der Waals surface area contributed by atoms with Crippen molar-refractivity contribution in [2.75, 3.05) is 25.0 Å². The number of aromatic nitrogens is 1. The van der Waals surface area contributed by atoms with E-state index in [0.717, 1.165) is 25.3 Å². The van der Waals surface area contributed by atoms with Crippen molar-refractivity contribution in [1.82, 2.24) is 15.2 Å². The van der Waals surface area contributed by atoms with Crippen molar-refractivity contribution >= 4 is 44.2 Å². The second kappa shape index (κ2) is 8.99. The number of hydrogen-bond acceptors (Lipinski definition) is 6. The summed E-state index contributed by atoms with van der Waals surface area (Å²) in [5.74, 6) is 0.783. The number of thiazole rings is 1. The maximum atomic E-state index is 12.0. The monoisotopic (exact) mass is 454 g/mol. The number of likely N-dealkylation sites (tertiary alicyclic amines) is 1. The van der Waals surface area contributed by atoms with Gasteiger partial charge in [-0.05, 0) is 46.3 Å². The maximum absolute atomic E-state index is 12.0. The Morgan fingerprint density at radius 2 is 2.07 bits per heavy atom. The molecule has 2 amide bonds. The van der Waals surface area contributed by atoms with E-state index < -0.39 is 5.91 Å². The zero-order valence-corrected chi connectivity index (χ0v) is 17.7. The second-order valence-corrected chi connectivity index (χ2v) is 8.76. The standard InChI is InChI=1S/C18H23BrN4O3S/c1-11-5-12(2)8-23(7-11)9-13-10-27-18(21-13)22-16(24)6-20-17(25)14-3-4-15(19)26-14/h3-4,10-12H,5-9H2,1-2H3,(H,20,25)(H,21,22,24)/t11-,12+. The molecule has 0 saturated carbocycles. The van der Waals surface area contributed by atoms with Crippen molar-refractivity contribution in [3.8, 4) is 0 Å². The lowest BCUT2D eigenvalue weighted by molar-refractivity contribution is -0.115. The molecule has 0 aromatic carbocycles. The van der Waals surface area contributed by atoms with Crippen LogP contribution < -0.4 is 10.6 Å². The molecule has 0 radical (unpaired) electrons. The van der Waals surface area contributed by atoms with Crippen LogP contribution in [0.15, 0.2) is 26.6 Å². The van der Waals surface area contributed by atoms with E-state index in [1.54, 1.807) is 6.07 Å². The van der Waals surface area contributed by atoms with Gasteiger partial charge in [0.2, 0.25) is 5.91 Å². The minimum atomic E-state index is -0.441. The van der Waals surface area contributed by atoms with E-state index in [0.29, 0.717) is 21.6 Å². The van der Waals surface area contributed by atoms with Gasteiger partial charge in [-0.2, -0.15) is 0 Å².